The third-order valence-electron chi connectivity index (χ3n) is 5.25. The summed E-state index contributed by atoms with van der Waals surface area (Å²) in [5, 5.41) is 0.990. The second-order valence-corrected chi connectivity index (χ2v) is 8.29. The number of benzene rings is 2. The van der Waals surface area contributed by atoms with Gasteiger partial charge in [-0.2, -0.15) is 0 Å². The lowest BCUT2D eigenvalue weighted by atomic mass is 10.1. The molecule has 0 N–H and O–H groups in total. The van der Waals surface area contributed by atoms with Crippen LogP contribution in [0.15, 0.2) is 56.1 Å². The Bertz CT molecular complexity index is 1060. The second-order valence-electron chi connectivity index (χ2n) is 7.38. The molecule has 146 valence electrons. The van der Waals surface area contributed by atoms with Gasteiger partial charge in [0.2, 0.25) is 0 Å². The molecule has 3 aromatic rings. The summed E-state index contributed by atoms with van der Waals surface area (Å²) in [6.07, 6.45) is 0. The Morgan fingerprint density at radius 1 is 0.964 bits per heavy atom. The van der Waals surface area contributed by atoms with Gasteiger partial charge in [0.05, 0.1) is 0 Å². The molecule has 1 aliphatic rings. The van der Waals surface area contributed by atoms with Crippen LogP contribution in [0.5, 0.6) is 0 Å². The number of fused-ring (bicyclic) bond motifs is 1. The first-order chi connectivity index (χ1) is 13.5. The summed E-state index contributed by atoms with van der Waals surface area (Å²) in [7, 11) is 0. The Kier molecular flexibility index (Phi) is 5.62. The van der Waals surface area contributed by atoms with Gasteiger partial charge in [-0.05, 0) is 36.2 Å². The maximum atomic E-state index is 14.1. The van der Waals surface area contributed by atoms with Crippen LogP contribution in [0.25, 0.3) is 11.0 Å². The summed E-state index contributed by atoms with van der Waals surface area (Å²) in [4.78, 5) is 16.5. The van der Waals surface area contributed by atoms with Crippen molar-refractivity contribution >= 4 is 26.9 Å². The first-order valence-electron chi connectivity index (χ1n) is 9.40. The van der Waals surface area contributed by atoms with E-state index >= 15 is 0 Å². The monoisotopic (exact) mass is 444 g/mol. The zero-order valence-corrected chi connectivity index (χ0v) is 17.3. The van der Waals surface area contributed by atoms with Crippen molar-refractivity contribution in [2.75, 3.05) is 26.2 Å². The standard InChI is InChI=1S/C22H22BrFN2O2/c1-15-2-5-19-17(11-22(27)28-21(19)10-15)14-26-8-6-25(7-9-26)13-16-3-4-18(23)12-20(16)24/h2-5,10-12H,6-9,13-14H2,1H3. The highest BCUT2D eigenvalue weighted by Gasteiger charge is 2.19. The van der Waals surface area contributed by atoms with Gasteiger partial charge in [0.1, 0.15) is 11.4 Å². The lowest BCUT2D eigenvalue weighted by molar-refractivity contribution is 0.121. The molecular weight excluding hydrogens is 423 g/mol. The third kappa shape index (κ3) is 4.35. The Labute approximate surface area is 171 Å². The van der Waals surface area contributed by atoms with E-state index in [1.807, 2.05) is 37.3 Å². The highest BCUT2D eigenvalue weighted by Crippen LogP contribution is 2.21. The number of hydrogen-bond acceptors (Lipinski definition) is 4. The quantitative estimate of drug-likeness (QED) is 0.561. The molecule has 0 unspecified atom stereocenters. The molecule has 0 saturated carbocycles. The second kappa shape index (κ2) is 8.15. The molecule has 6 heteroatoms. The SMILES string of the molecule is Cc1ccc2c(CN3CCN(Cc4ccc(Br)cc4F)CC3)cc(=O)oc2c1. The van der Waals surface area contributed by atoms with Crippen LogP contribution < -0.4 is 5.63 Å². The zero-order chi connectivity index (χ0) is 19.7. The van der Waals surface area contributed by atoms with Gasteiger partial charge in [-0.3, -0.25) is 9.80 Å². The van der Waals surface area contributed by atoms with Gasteiger partial charge in [-0.15, -0.1) is 0 Å². The molecule has 2 aromatic carbocycles. The van der Waals surface area contributed by atoms with Crippen molar-refractivity contribution in [2.45, 2.75) is 20.0 Å². The molecule has 28 heavy (non-hydrogen) atoms. The van der Waals surface area contributed by atoms with Gasteiger partial charge in [-0.1, -0.05) is 34.1 Å². The van der Waals surface area contributed by atoms with Crippen molar-refractivity contribution < 1.29 is 8.81 Å². The Morgan fingerprint density at radius 2 is 1.64 bits per heavy atom. The van der Waals surface area contributed by atoms with Crippen LogP contribution in [0.3, 0.4) is 0 Å². The Balaban J connectivity index is 1.42. The minimum absolute atomic E-state index is 0.172. The summed E-state index contributed by atoms with van der Waals surface area (Å²) >= 11 is 3.30. The van der Waals surface area contributed by atoms with E-state index in [0.717, 1.165) is 52.7 Å². The lowest BCUT2D eigenvalue weighted by Crippen LogP contribution is -2.45. The maximum absolute atomic E-state index is 14.1. The number of aryl methyl sites for hydroxylation is 1. The predicted molar refractivity (Wildman–Crippen MR) is 112 cm³/mol. The molecule has 0 bridgehead atoms. The largest absolute Gasteiger partial charge is 0.423 e. The van der Waals surface area contributed by atoms with Crippen LogP contribution in [0.1, 0.15) is 16.7 Å². The molecule has 1 aromatic heterocycles. The summed E-state index contributed by atoms with van der Waals surface area (Å²) in [6, 6.07) is 12.8. The summed E-state index contributed by atoms with van der Waals surface area (Å²) < 4.78 is 20.2. The number of hydrogen-bond donors (Lipinski definition) is 0. The van der Waals surface area contributed by atoms with Gasteiger partial charge in [-0.25, -0.2) is 9.18 Å². The molecule has 2 heterocycles. The van der Waals surface area contributed by atoms with Crippen LogP contribution >= 0.6 is 15.9 Å². The lowest BCUT2D eigenvalue weighted by Gasteiger charge is -2.34. The van der Waals surface area contributed by atoms with E-state index in [4.69, 9.17) is 4.42 Å². The minimum atomic E-state index is -0.308. The smallest absolute Gasteiger partial charge is 0.336 e. The Morgan fingerprint density at radius 3 is 2.32 bits per heavy atom. The third-order valence-corrected chi connectivity index (χ3v) is 5.75. The van der Waals surface area contributed by atoms with Crippen LogP contribution in [0.4, 0.5) is 4.39 Å². The molecule has 4 rings (SSSR count). The van der Waals surface area contributed by atoms with Crippen molar-refractivity contribution in [3.8, 4) is 0 Å². The average Bonchev–Trinajstić information content (AvgIpc) is 2.65. The van der Waals surface area contributed by atoms with Crippen molar-refractivity contribution in [2.24, 2.45) is 0 Å². The molecule has 0 radical (unpaired) electrons. The normalized spacial score (nSPS) is 16.0. The first kappa shape index (κ1) is 19.3. The van der Waals surface area contributed by atoms with E-state index in [2.05, 4.69) is 25.7 Å². The first-order valence-corrected chi connectivity index (χ1v) is 10.2. The van der Waals surface area contributed by atoms with Crippen molar-refractivity contribution in [1.82, 2.24) is 9.80 Å². The topological polar surface area (TPSA) is 36.7 Å². The minimum Gasteiger partial charge on any atom is -0.423 e. The molecule has 1 saturated heterocycles. The van der Waals surface area contributed by atoms with Gasteiger partial charge >= 0.3 is 5.63 Å². The van der Waals surface area contributed by atoms with Crippen LogP contribution in [0.2, 0.25) is 0 Å². The van der Waals surface area contributed by atoms with Crippen LogP contribution in [-0.2, 0) is 13.1 Å². The fourth-order valence-electron chi connectivity index (χ4n) is 3.71. The zero-order valence-electron chi connectivity index (χ0n) is 15.8. The summed E-state index contributed by atoms with van der Waals surface area (Å²) in [6.45, 7) is 6.81. The summed E-state index contributed by atoms with van der Waals surface area (Å²) in [5.41, 5.74) is 3.13. The average molecular weight is 445 g/mol. The van der Waals surface area contributed by atoms with Crippen molar-refractivity contribution in [1.29, 1.82) is 0 Å². The van der Waals surface area contributed by atoms with E-state index < -0.39 is 0 Å². The molecule has 1 aliphatic heterocycles. The molecule has 0 spiro atoms. The van der Waals surface area contributed by atoms with Crippen LogP contribution in [-0.4, -0.2) is 36.0 Å². The van der Waals surface area contributed by atoms with Gasteiger partial charge in [0.15, 0.2) is 0 Å². The predicted octanol–water partition coefficient (Wildman–Crippen LogP) is 4.32. The van der Waals surface area contributed by atoms with Gasteiger partial charge < -0.3 is 4.42 Å². The molecule has 1 fully saturated rings. The number of halogens is 2. The van der Waals surface area contributed by atoms with E-state index in [1.54, 1.807) is 6.07 Å². The van der Waals surface area contributed by atoms with E-state index in [9.17, 15) is 9.18 Å². The van der Waals surface area contributed by atoms with E-state index in [1.165, 1.54) is 6.07 Å². The molecule has 0 atom stereocenters. The Hall–Kier alpha value is -2.02. The number of rotatable bonds is 4. The molecule has 4 nitrogen and oxygen atoms in total. The number of nitrogens with zero attached hydrogens (tertiary/aromatic N) is 2. The summed E-state index contributed by atoms with van der Waals surface area (Å²) in [5.74, 6) is -0.172. The molecule has 0 aliphatic carbocycles. The van der Waals surface area contributed by atoms with Crippen molar-refractivity contribution in [3.05, 3.63) is 79.9 Å². The van der Waals surface area contributed by atoms with Crippen LogP contribution in [0, 0.1) is 12.7 Å². The maximum Gasteiger partial charge on any atom is 0.336 e. The fraction of sp³-hybridized carbons (Fsp3) is 0.318. The van der Waals surface area contributed by atoms with E-state index in [-0.39, 0.29) is 11.4 Å². The highest BCUT2D eigenvalue weighted by atomic mass is 79.9. The highest BCUT2D eigenvalue weighted by molar-refractivity contribution is 9.10. The van der Waals surface area contributed by atoms with E-state index in [0.29, 0.717) is 18.7 Å². The van der Waals surface area contributed by atoms with Gasteiger partial charge in [0.25, 0.3) is 0 Å². The number of piperazine rings is 1. The molecule has 0 amide bonds. The fourth-order valence-corrected chi connectivity index (χ4v) is 4.04. The molecular formula is C22H22BrFN2O2. The van der Waals surface area contributed by atoms with Gasteiger partial charge in [0, 0.05) is 60.8 Å². The van der Waals surface area contributed by atoms with Crippen molar-refractivity contribution in [3.63, 3.8) is 0 Å².